The zero-order valence-corrected chi connectivity index (χ0v) is 23.6. The number of dihydropyridines is 1. The standard InChI is InChI=1S/C30H24Cl3NO5/c1-4-38-30(36)24-15(2)34-27-19-7-5-6-8-20(19)28(35)26(27)25(24)17-11-22(33)29(23(12-17)37-3)39-14-16-9-10-18(31)13-21(16)32/h5-13,25,34H,4,14H2,1-3H3/t25-/m0/s1. The summed E-state index contributed by atoms with van der Waals surface area (Å²) in [6.07, 6.45) is 0. The fourth-order valence-corrected chi connectivity index (χ4v) is 5.71. The van der Waals surface area contributed by atoms with Gasteiger partial charge in [0.15, 0.2) is 17.3 Å². The molecule has 5 rings (SSSR count). The predicted molar refractivity (Wildman–Crippen MR) is 152 cm³/mol. The van der Waals surface area contributed by atoms with E-state index in [-0.39, 0.29) is 24.0 Å². The summed E-state index contributed by atoms with van der Waals surface area (Å²) in [7, 11) is 1.49. The van der Waals surface area contributed by atoms with Gasteiger partial charge in [-0.3, -0.25) is 4.79 Å². The van der Waals surface area contributed by atoms with Gasteiger partial charge in [-0.15, -0.1) is 0 Å². The number of benzene rings is 3. The number of fused-ring (bicyclic) bond motifs is 2. The summed E-state index contributed by atoms with van der Waals surface area (Å²) in [6, 6.07) is 15.9. The topological polar surface area (TPSA) is 73.9 Å². The number of esters is 1. The molecule has 0 radical (unpaired) electrons. The van der Waals surface area contributed by atoms with E-state index in [0.29, 0.717) is 60.8 Å². The van der Waals surface area contributed by atoms with Crippen molar-refractivity contribution in [1.29, 1.82) is 0 Å². The van der Waals surface area contributed by atoms with Gasteiger partial charge in [0, 0.05) is 43.9 Å². The number of hydrogen-bond acceptors (Lipinski definition) is 6. The predicted octanol–water partition coefficient (Wildman–Crippen LogP) is 7.37. The van der Waals surface area contributed by atoms with Gasteiger partial charge in [-0.25, -0.2) is 4.79 Å². The Hall–Kier alpha value is -3.45. The Morgan fingerprint density at radius 3 is 2.44 bits per heavy atom. The maximum atomic E-state index is 13.7. The van der Waals surface area contributed by atoms with Gasteiger partial charge in [0.1, 0.15) is 6.61 Å². The van der Waals surface area contributed by atoms with Crippen molar-refractivity contribution >= 4 is 52.3 Å². The number of ether oxygens (including phenoxy) is 3. The molecule has 0 bridgehead atoms. The van der Waals surface area contributed by atoms with Gasteiger partial charge >= 0.3 is 5.97 Å². The van der Waals surface area contributed by atoms with Crippen molar-refractivity contribution in [1.82, 2.24) is 5.32 Å². The van der Waals surface area contributed by atoms with Gasteiger partial charge in [0.2, 0.25) is 0 Å². The average Bonchev–Trinajstić information content (AvgIpc) is 3.19. The van der Waals surface area contributed by atoms with Crippen LogP contribution in [0.2, 0.25) is 15.1 Å². The monoisotopic (exact) mass is 583 g/mol. The Morgan fingerprint density at radius 2 is 1.74 bits per heavy atom. The number of ketones is 1. The first-order valence-electron chi connectivity index (χ1n) is 12.2. The van der Waals surface area contributed by atoms with Crippen LogP contribution in [0.5, 0.6) is 11.5 Å². The fourth-order valence-electron chi connectivity index (χ4n) is 4.98. The van der Waals surface area contributed by atoms with E-state index >= 15 is 0 Å². The maximum Gasteiger partial charge on any atom is 0.336 e. The lowest BCUT2D eigenvalue weighted by Gasteiger charge is -2.29. The molecule has 3 aromatic carbocycles. The number of rotatable bonds is 7. The lowest BCUT2D eigenvalue weighted by atomic mass is 9.79. The van der Waals surface area contributed by atoms with E-state index < -0.39 is 11.9 Å². The molecule has 9 heteroatoms. The molecule has 0 spiro atoms. The van der Waals surface area contributed by atoms with Gasteiger partial charge in [-0.1, -0.05) is 65.1 Å². The van der Waals surface area contributed by atoms with Crippen LogP contribution in [0.3, 0.4) is 0 Å². The second-order valence-corrected chi connectivity index (χ2v) is 10.3. The van der Waals surface area contributed by atoms with Crippen molar-refractivity contribution in [2.75, 3.05) is 13.7 Å². The highest BCUT2D eigenvalue weighted by molar-refractivity contribution is 6.35. The number of nitrogens with one attached hydrogen (secondary N) is 1. The molecule has 1 N–H and O–H groups in total. The average molecular weight is 585 g/mol. The fraction of sp³-hybridized carbons (Fsp3) is 0.200. The molecule has 200 valence electrons. The largest absolute Gasteiger partial charge is 0.493 e. The molecule has 0 amide bonds. The number of methoxy groups -OCH3 is 1. The molecule has 6 nitrogen and oxygen atoms in total. The van der Waals surface area contributed by atoms with Crippen molar-refractivity contribution < 1.29 is 23.8 Å². The van der Waals surface area contributed by atoms with E-state index in [1.807, 2.05) is 18.2 Å². The molecule has 1 heterocycles. The van der Waals surface area contributed by atoms with Crippen molar-refractivity contribution in [3.05, 3.63) is 109 Å². The van der Waals surface area contributed by atoms with E-state index in [0.717, 1.165) is 5.56 Å². The van der Waals surface area contributed by atoms with E-state index in [1.54, 1.807) is 50.2 Å². The van der Waals surface area contributed by atoms with Crippen LogP contribution in [0.25, 0.3) is 5.70 Å². The third-order valence-electron chi connectivity index (χ3n) is 6.72. The quantitative estimate of drug-likeness (QED) is 0.292. The summed E-state index contributed by atoms with van der Waals surface area (Å²) in [4.78, 5) is 26.9. The van der Waals surface area contributed by atoms with Gasteiger partial charge < -0.3 is 19.5 Å². The van der Waals surface area contributed by atoms with Crippen LogP contribution in [0, 0.1) is 0 Å². The SMILES string of the molecule is CCOC(=O)C1=C(C)NC2=C(C(=O)c3ccccc32)[C@H]1c1cc(Cl)c(OCc2ccc(Cl)cc2Cl)c(OC)c1. The Morgan fingerprint density at radius 1 is 1.00 bits per heavy atom. The summed E-state index contributed by atoms with van der Waals surface area (Å²) < 4.78 is 17.1. The van der Waals surface area contributed by atoms with E-state index in [2.05, 4.69) is 5.32 Å². The molecular formula is C30H24Cl3NO5. The highest BCUT2D eigenvalue weighted by Crippen LogP contribution is 2.49. The Labute approximate surface area is 241 Å². The molecule has 0 fully saturated rings. The minimum Gasteiger partial charge on any atom is -0.493 e. The molecule has 1 aliphatic heterocycles. The summed E-state index contributed by atoms with van der Waals surface area (Å²) in [5.74, 6) is -0.786. The molecule has 0 aromatic heterocycles. The smallest absolute Gasteiger partial charge is 0.336 e. The zero-order valence-electron chi connectivity index (χ0n) is 21.4. The van der Waals surface area contributed by atoms with Gasteiger partial charge in [-0.05, 0) is 43.7 Å². The third-order valence-corrected chi connectivity index (χ3v) is 7.58. The normalized spacial score (nSPS) is 16.1. The molecule has 3 aromatic rings. The molecule has 0 unspecified atom stereocenters. The highest BCUT2D eigenvalue weighted by atomic mass is 35.5. The molecule has 0 saturated carbocycles. The van der Waals surface area contributed by atoms with E-state index in [4.69, 9.17) is 49.0 Å². The second kappa shape index (κ2) is 11.0. The highest BCUT2D eigenvalue weighted by Gasteiger charge is 2.43. The Bertz CT molecular complexity index is 1580. The second-order valence-electron chi connectivity index (χ2n) is 9.04. The summed E-state index contributed by atoms with van der Waals surface area (Å²) >= 11 is 19.1. The van der Waals surface area contributed by atoms with Crippen LogP contribution in [-0.2, 0) is 16.1 Å². The van der Waals surface area contributed by atoms with Crippen LogP contribution in [0.1, 0.15) is 46.8 Å². The van der Waals surface area contributed by atoms with Crippen LogP contribution in [0.15, 0.2) is 71.4 Å². The first-order valence-corrected chi connectivity index (χ1v) is 13.4. The number of carbonyl (C=O) groups is 2. The summed E-state index contributed by atoms with van der Waals surface area (Å²) in [5, 5.41) is 4.51. The van der Waals surface area contributed by atoms with Crippen LogP contribution in [-0.4, -0.2) is 25.5 Å². The number of Topliss-reactive ketones (excluding diaryl/α,β-unsaturated/α-hetero) is 1. The van der Waals surface area contributed by atoms with E-state index in [9.17, 15) is 9.59 Å². The minimum absolute atomic E-state index is 0.120. The number of halogens is 3. The third kappa shape index (κ3) is 4.89. The van der Waals surface area contributed by atoms with Crippen molar-refractivity contribution in [2.45, 2.75) is 26.4 Å². The molecule has 0 saturated heterocycles. The number of allylic oxidation sites excluding steroid dienone is 2. The molecular weight excluding hydrogens is 561 g/mol. The van der Waals surface area contributed by atoms with Crippen molar-refractivity contribution in [3.8, 4) is 11.5 Å². The first-order chi connectivity index (χ1) is 18.7. The Kier molecular flexibility index (Phi) is 7.63. The minimum atomic E-state index is -0.744. The van der Waals surface area contributed by atoms with Crippen LogP contribution < -0.4 is 14.8 Å². The number of hydrogen-bond donors (Lipinski definition) is 1. The number of carbonyl (C=O) groups excluding carboxylic acids is 2. The van der Waals surface area contributed by atoms with Gasteiger partial charge in [-0.2, -0.15) is 0 Å². The lowest BCUT2D eigenvalue weighted by molar-refractivity contribution is -0.138. The van der Waals surface area contributed by atoms with Crippen LogP contribution >= 0.6 is 34.8 Å². The zero-order chi connectivity index (χ0) is 27.8. The van der Waals surface area contributed by atoms with Crippen LogP contribution in [0.4, 0.5) is 0 Å². The van der Waals surface area contributed by atoms with Crippen molar-refractivity contribution in [2.24, 2.45) is 0 Å². The van der Waals surface area contributed by atoms with Crippen molar-refractivity contribution in [3.63, 3.8) is 0 Å². The Balaban J connectivity index is 1.60. The maximum absolute atomic E-state index is 13.7. The molecule has 1 aliphatic carbocycles. The molecule has 1 atom stereocenters. The molecule has 2 aliphatic rings. The van der Waals surface area contributed by atoms with E-state index in [1.165, 1.54) is 7.11 Å². The first kappa shape index (κ1) is 27.1. The van der Waals surface area contributed by atoms with Gasteiger partial charge in [0.05, 0.1) is 30.0 Å². The summed E-state index contributed by atoms with van der Waals surface area (Å²) in [5.41, 5.74) is 4.69. The summed E-state index contributed by atoms with van der Waals surface area (Å²) in [6.45, 7) is 3.83. The lowest BCUT2D eigenvalue weighted by Crippen LogP contribution is -2.29. The van der Waals surface area contributed by atoms with Gasteiger partial charge in [0.25, 0.3) is 0 Å². The molecule has 39 heavy (non-hydrogen) atoms.